The molecule has 1 aromatic heterocycles. The molecule has 1 spiro atoms. The molecule has 6 nitrogen and oxygen atoms in total. The van der Waals surface area contributed by atoms with Gasteiger partial charge in [0.25, 0.3) is 0 Å². The third kappa shape index (κ3) is 2.46. The van der Waals surface area contributed by atoms with E-state index in [0.717, 1.165) is 0 Å². The fourth-order valence-electron chi connectivity index (χ4n) is 2.68. The highest BCUT2D eigenvalue weighted by Crippen LogP contribution is 2.33. The maximum absolute atomic E-state index is 11.3. The van der Waals surface area contributed by atoms with Crippen LogP contribution < -0.4 is 4.90 Å². The van der Waals surface area contributed by atoms with E-state index in [0.29, 0.717) is 50.1 Å². The summed E-state index contributed by atoms with van der Waals surface area (Å²) >= 11 is 5.88. The number of aromatic carboxylic acids is 1. The van der Waals surface area contributed by atoms with Gasteiger partial charge < -0.3 is 19.5 Å². The topological polar surface area (TPSA) is 71.9 Å². The maximum Gasteiger partial charge on any atom is 0.339 e. The van der Waals surface area contributed by atoms with Gasteiger partial charge in [-0.25, -0.2) is 9.78 Å². The lowest BCUT2D eigenvalue weighted by molar-refractivity contribution is -0.169. The number of nitrogens with zero attached hydrogens (tertiary/aromatic N) is 2. The van der Waals surface area contributed by atoms with Gasteiger partial charge in [-0.1, -0.05) is 11.6 Å². The quantitative estimate of drug-likeness (QED) is 0.839. The molecule has 1 N–H and O–H groups in total. The van der Waals surface area contributed by atoms with E-state index in [-0.39, 0.29) is 5.56 Å². The minimum atomic E-state index is -1.00. The van der Waals surface area contributed by atoms with Crippen molar-refractivity contribution >= 4 is 23.4 Å². The molecule has 0 aromatic carbocycles. The Balaban J connectivity index is 1.80. The second kappa shape index (κ2) is 5.20. The van der Waals surface area contributed by atoms with Crippen molar-refractivity contribution in [2.75, 3.05) is 31.2 Å². The third-order valence-electron chi connectivity index (χ3n) is 3.71. The monoisotopic (exact) mass is 298 g/mol. The van der Waals surface area contributed by atoms with Crippen molar-refractivity contribution in [3.8, 4) is 0 Å². The van der Waals surface area contributed by atoms with Gasteiger partial charge in [-0.3, -0.25) is 0 Å². The lowest BCUT2D eigenvalue weighted by atomic mass is 10.0. The summed E-state index contributed by atoms with van der Waals surface area (Å²) in [6.45, 7) is 2.51. The molecule has 0 radical (unpaired) electrons. The molecule has 1 aromatic rings. The zero-order valence-corrected chi connectivity index (χ0v) is 11.6. The highest BCUT2D eigenvalue weighted by molar-refractivity contribution is 6.29. The number of pyridine rings is 1. The van der Waals surface area contributed by atoms with Crippen molar-refractivity contribution < 1.29 is 19.4 Å². The van der Waals surface area contributed by atoms with Crippen LogP contribution in [0.15, 0.2) is 12.1 Å². The smallest absolute Gasteiger partial charge is 0.339 e. The number of piperidine rings is 1. The summed E-state index contributed by atoms with van der Waals surface area (Å²) in [6.07, 6.45) is 1.39. The average molecular weight is 299 g/mol. The van der Waals surface area contributed by atoms with Crippen LogP contribution in [0.3, 0.4) is 0 Å². The molecule has 108 valence electrons. The van der Waals surface area contributed by atoms with Crippen molar-refractivity contribution in [2.24, 2.45) is 0 Å². The zero-order valence-electron chi connectivity index (χ0n) is 10.8. The van der Waals surface area contributed by atoms with Crippen LogP contribution in [0.1, 0.15) is 23.2 Å². The molecule has 0 amide bonds. The summed E-state index contributed by atoms with van der Waals surface area (Å²) in [5.74, 6) is -1.07. The first-order chi connectivity index (χ1) is 9.60. The fourth-order valence-corrected chi connectivity index (χ4v) is 2.82. The van der Waals surface area contributed by atoms with Crippen LogP contribution in [0.25, 0.3) is 0 Å². The summed E-state index contributed by atoms with van der Waals surface area (Å²) < 4.78 is 11.3. The number of aromatic nitrogens is 1. The summed E-state index contributed by atoms with van der Waals surface area (Å²) in [4.78, 5) is 17.4. The number of rotatable bonds is 2. The Morgan fingerprint density at radius 1 is 1.30 bits per heavy atom. The minimum absolute atomic E-state index is 0.165. The van der Waals surface area contributed by atoms with Crippen LogP contribution in [0, 0.1) is 0 Å². The van der Waals surface area contributed by atoms with E-state index in [9.17, 15) is 9.90 Å². The SMILES string of the molecule is O=C(O)c1ccc(Cl)nc1N1CCC2(CC1)OCCO2. The van der Waals surface area contributed by atoms with Crippen LogP contribution in [0.2, 0.25) is 5.15 Å². The number of anilines is 1. The standard InChI is InChI=1S/C13H15ClN2O4/c14-10-2-1-9(12(17)18)11(15-10)16-5-3-13(4-6-16)19-7-8-20-13/h1-2H,3-8H2,(H,17,18). The Kier molecular flexibility index (Phi) is 3.54. The van der Waals surface area contributed by atoms with Gasteiger partial charge in [0.05, 0.1) is 13.2 Å². The molecule has 3 rings (SSSR count). The molecule has 20 heavy (non-hydrogen) atoms. The van der Waals surface area contributed by atoms with E-state index in [4.69, 9.17) is 21.1 Å². The maximum atomic E-state index is 11.3. The molecule has 2 aliphatic heterocycles. The van der Waals surface area contributed by atoms with Gasteiger partial charge in [-0.15, -0.1) is 0 Å². The Labute approximate surface area is 121 Å². The normalized spacial score (nSPS) is 21.4. The molecule has 7 heteroatoms. The minimum Gasteiger partial charge on any atom is -0.478 e. The lowest BCUT2D eigenvalue weighted by Gasteiger charge is -2.38. The molecule has 3 heterocycles. The van der Waals surface area contributed by atoms with E-state index in [2.05, 4.69) is 4.98 Å². The van der Waals surface area contributed by atoms with Crippen LogP contribution in [0.4, 0.5) is 5.82 Å². The largest absolute Gasteiger partial charge is 0.478 e. The van der Waals surface area contributed by atoms with Crippen molar-refractivity contribution in [3.05, 3.63) is 22.8 Å². The number of halogens is 1. The average Bonchev–Trinajstić information content (AvgIpc) is 2.87. The predicted molar refractivity (Wildman–Crippen MR) is 72.3 cm³/mol. The Hall–Kier alpha value is -1.37. The summed E-state index contributed by atoms with van der Waals surface area (Å²) in [6, 6.07) is 2.98. The highest BCUT2D eigenvalue weighted by atomic mass is 35.5. The Morgan fingerprint density at radius 3 is 2.55 bits per heavy atom. The number of carboxylic acid groups (broad SMARTS) is 1. The number of ether oxygens (including phenoxy) is 2. The molecular weight excluding hydrogens is 284 g/mol. The molecule has 2 fully saturated rings. The molecular formula is C13H15ClN2O4. The summed E-state index contributed by atoms with van der Waals surface area (Å²) in [5, 5.41) is 9.52. The lowest BCUT2D eigenvalue weighted by Crippen LogP contribution is -2.45. The van der Waals surface area contributed by atoms with Gasteiger partial charge in [0, 0.05) is 25.9 Å². The van der Waals surface area contributed by atoms with E-state index in [1.54, 1.807) is 0 Å². The number of carboxylic acids is 1. The van der Waals surface area contributed by atoms with Gasteiger partial charge in [0.2, 0.25) is 0 Å². The van der Waals surface area contributed by atoms with E-state index in [1.807, 2.05) is 4.90 Å². The molecule has 0 bridgehead atoms. The van der Waals surface area contributed by atoms with Crippen LogP contribution in [-0.2, 0) is 9.47 Å². The zero-order chi connectivity index (χ0) is 14.2. The number of carbonyl (C=O) groups is 1. The Morgan fingerprint density at radius 2 is 1.95 bits per heavy atom. The fraction of sp³-hybridized carbons (Fsp3) is 0.538. The number of hydrogen-bond donors (Lipinski definition) is 1. The van der Waals surface area contributed by atoms with Crippen molar-refractivity contribution in [2.45, 2.75) is 18.6 Å². The Bertz CT molecular complexity index is 521. The molecule has 2 aliphatic rings. The molecule has 2 saturated heterocycles. The van der Waals surface area contributed by atoms with Crippen molar-refractivity contribution in [3.63, 3.8) is 0 Å². The van der Waals surface area contributed by atoms with Crippen LogP contribution >= 0.6 is 11.6 Å². The van der Waals surface area contributed by atoms with E-state index in [1.165, 1.54) is 12.1 Å². The molecule has 0 atom stereocenters. The van der Waals surface area contributed by atoms with Gasteiger partial charge in [-0.05, 0) is 12.1 Å². The molecule has 0 unspecified atom stereocenters. The van der Waals surface area contributed by atoms with Gasteiger partial charge in [0.15, 0.2) is 5.79 Å². The van der Waals surface area contributed by atoms with Crippen molar-refractivity contribution in [1.29, 1.82) is 0 Å². The predicted octanol–water partition coefficient (Wildman–Crippen LogP) is 1.78. The first kappa shape index (κ1) is 13.6. The van der Waals surface area contributed by atoms with Gasteiger partial charge in [-0.2, -0.15) is 0 Å². The van der Waals surface area contributed by atoms with Gasteiger partial charge >= 0.3 is 5.97 Å². The third-order valence-corrected chi connectivity index (χ3v) is 3.92. The van der Waals surface area contributed by atoms with Gasteiger partial charge in [0.1, 0.15) is 16.5 Å². The first-order valence-corrected chi connectivity index (χ1v) is 6.90. The first-order valence-electron chi connectivity index (χ1n) is 6.52. The van der Waals surface area contributed by atoms with Crippen LogP contribution in [0.5, 0.6) is 0 Å². The highest BCUT2D eigenvalue weighted by Gasteiger charge is 2.40. The second-order valence-corrected chi connectivity index (χ2v) is 5.29. The summed E-state index contributed by atoms with van der Waals surface area (Å²) in [5.41, 5.74) is 0.165. The number of hydrogen-bond acceptors (Lipinski definition) is 5. The van der Waals surface area contributed by atoms with Crippen molar-refractivity contribution in [1.82, 2.24) is 4.98 Å². The molecule has 0 saturated carbocycles. The van der Waals surface area contributed by atoms with Crippen LogP contribution in [-0.4, -0.2) is 48.2 Å². The summed E-state index contributed by atoms with van der Waals surface area (Å²) in [7, 11) is 0. The second-order valence-electron chi connectivity index (χ2n) is 4.90. The van der Waals surface area contributed by atoms with E-state index < -0.39 is 11.8 Å². The molecule has 0 aliphatic carbocycles. The van der Waals surface area contributed by atoms with E-state index >= 15 is 0 Å².